The molecule has 0 aromatic heterocycles. The third kappa shape index (κ3) is 3.08. The molecule has 120 valence electrons. The molecule has 2 atom stereocenters. The van der Waals surface area contributed by atoms with Gasteiger partial charge in [0.1, 0.15) is 5.75 Å². The fourth-order valence-corrected chi connectivity index (χ4v) is 3.63. The molecule has 0 radical (unpaired) electrons. The number of halogens is 1. The standard InChI is InChI=1S/C17H23ClN2O2/c1-2-9-22-16-6-3-12(18)10-15(16)17(21)20-13-4-5-14(20)11-19-8-7-13/h3,6,10,13-14,19H,2,4-5,7-9,11H2,1H3. The molecule has 2 aliphatic rings. The molecule has 1 N–H and O–H groups in total. The highest BCUT2D eigenvalue weighted by Gasteiger charge is 2.39. The lowest BCUT2D eigenvalue weighted by Gasteiger charge is -2.28. The molecule has 2 saturated heterocycles. The first kappa shape index (κ1) is 15.6. The highest BCUT2D eigenvalue weighted by atomic mass is 35.5. The minimum atomic E-state index is 0.0600. The number of benzene rings is 1. The number of amides is 1. The number of carbonyl (C=O) groups excluding carboxylic acids is 1. The van der Waals surface area contributed by atoms with E-state index in [9.17, 15) is 4.79 Å². The summed E-state index contributed by atoms with van der Waals surface area (Å²) >= 11 is 6.12. The number of fused-ring (bicyclic) bond motifs is 2. The Morgan fingerprint density at radius 2 is 2.18 bits per heavy atom. The van der Waals surface area contributed by atoms with Gasteiger partial charge in [-0.25, -0.2) is 0 Å². The maximum Gasteiger partial charge on any atom is 0.258 e. The summed E-state index contributed by atoms with van der Waals surface area (Å²) in [6, 6.07) is 5.96. The molecule has 5 heteroatoms. The summed E-state index contributed by atoms with van der Waals surface area (Å²) in [7, 11) is 0. The first-order valence-corrected chi connectivity index (χ1v) is 8.54. The third-order valence-electron chi connectivity index (χ3n) is 4.52. The monoisotopic (exact) mass is 322 g/mol. The summed E-state index contributed by atoms with van der Waals surface area (Å²) in [4.78, 5) is 15.2. The number of hydrogen-bond donors (Lipinski definition) is 1. The van der Waals surface area contributed by atoms with Crippen molar-refractivity contribution in [3.63, 3.8) is 0 Å². The van der Waals surface area contributed by atoms with Crippen LogP contribution in [0.2, 0.25) is 5.02 Å². The van der Waals surface area contributed by atoms with Gasteiger partial charge >= 0.3 is 0 Å². The van der Waals surface area contributed by atoms with E-state index in [2.05, 4.69) is 17.1 Å². The molecule has 4 nitrogen and oxygen atoms in total. The summed E-state index contributed by atoms with van der Waals surface area (Å²) in [5, 5.41) is 4.00. The van der Waals surface area contributed by atoms with Crippen LogP contribution in [0, 0.1) is 0 Å². The van der Waals surface area contributed by atoms with Gasteiger partial charge in [0, 0.05) is 23.7 Å². The van der Waals surface area contributed by atoms with E-state index >= 15 is 0 Å². The minimum absolute atomic E-state index is 0.0600. The van der Waals surface area contributed by atoms with E-state index < -0.39 is 0 Å². The van der Waals surface area contributed by atoms with Crippen molar-refractivity contribution in [2.75, 3.05) is 19.7 Å². The van der Waals surface area contributed by atoms with E-state index in [0.29, 0.717) is 29.0 Å². The van der Waals surface area contributed by atoms with E-state index in [-0.39, 0.29) is 11.9 Å². The summed E-state index contributed by atoms with van der Waals surface area (Å²) < 4.78 is 5.75. The van der Waals surface area contributed by atoms with Gasteiger partial charge in [0.25, 0.3) is 5.91 Å². The van der Waals surface area contributed by atoms with Crippen molar-refractivity contribution in [3.05, 3.63) is 28.8 Å². The van der Waals surface area contributed by atoms with Gasteiger partial charge in [0.2, 0.25) is 0 Å². The second kappa shape index (κ2) is 6.88. The topological polar surface area (TPSA) is 41.6 Å². The molecule has 2 aliphatic heterocycles. The maximum absolute atomic E-state index is 13.1. The molecule has 2 heterocycles. The van der Waals surface area contributed by atoms with E-state index in [0.717, 1.165) is 38.8 Å². The lowest BCUT2D eigenvalue weighted by molar-refractivity contribution is 0.0676. The first-order chi connectivity index (χ1) is 10.7. The lowest BCUT2D eigenvalue weighted by Crippen LogP contribution is -2.42. The average Bonchev–Trinajstić information content (AvgIpc) is 2.78. The minimum Gasteiger partial charge on any atom is -0.493 e. The molecule has 3 rings (SSSR count). The van der Waals surface area contributed by atoms with Gasteiger partial charge in [-0.1, -0.05) is 18.5 Å². The summed E-state index contributed by atoms with van der Waals surface area (Å²) in [5.41, 5.74) is 0.597. The second-order valence-electron chi connectivity index (χ2n) is 6.08. The van der Waals surface area contributed by atoms with Crippen molar-refractivity contribution in [2.24, 2.45) is 0 Å². The number of rotatable bonds is 4. The number of nitrogens with zero attached hydrogens (tertiary/aromatic N) is 1. The fourth-order valence-electron chi connectivity index (χ4n) is 3.46. The Morgan fingerprint density at radius 1 is 1.36 bits per heavy atom. The smallest absolute Gasteiger partial charge is 0.258 e. The van der Waals surface area contributed by atoms with Gasteiger partial charge in [0.05, 0.1) is 12.2 Å². The number of carbonyl (C=O) groups is 1. The Balaban J connectivity index is 1.89. The Bertz CT molecular complexity index is 535. The summed E-state index contributed by atoms with van der Waals surface area (Å²) in [6.45, 7) is 4.53. The molecule has 2 fully saturated rings. The number of ether oxygens (including phenoxy) is 1. The SMILES string of the molecule is CCCOc1ccc(Cl)cc1C(=O)N1C2CCNCC1CC2. The largest absolute Gasteiger partial charge is 0.493 e. The molecule has 0 aliphatic carbocycles. The second-order valence-corrected chi connectivity index (χ2v) is 6.52. The molecule has 0 saturated carbocycles. The van der Waals surface area contributed by atoms with Crippen molar-refractivity contribution in [2.45, 2.75) is 44.7 Å². The normalized spacial score (nSPS) is 24.2. The van der Waals surface area contributed by atoms with Crippen molar-refractivity contribution < 1.29 is 9.53 Å². The third-order valence-corrected chi connectivity index (χ3v) is 4.76. The van der Waals surface area contributed by atoms with Crippen LogP contribution in [-0.4, -0.2) is 42.6 Å². The molecule has 1 amide bonds. The van der Waals surface area contributed by atoms with Crippen LogP contribution in [0.15, 0.2) is 18.2 Å². The van der Waals surface area contributed by atoms with Crippen molar-refractivity contribution >= 4 is 17.5 Å². The summed E-state index contributed by atoms with van der Waals surface area (Å²) in [5.74, 6) is 0.706. The molecule has 22 heavy (non-hydrogen) atoms. The Labute approximate surface area is 136 Å². The molecule has 0 spiro atoms. The Hall–Kier alpha value is -1.26. The van der Waals surface area contributed by atoms with Crippen molar-refractivity contribution in [1.29, 1.82) is 0 Å². The zero-order chi connectivity index (χ0) is 15.5. The molecule has 1 aromatic carbocycles. The first-order valence-electron chi connectivity index (χ1n) is 8.16. The van der Waals surface area contributed by atoms with Crippen LogP contribution >= 0.6 is 11.6 Å². The Morgan fingerprint density at radius 3 is 3.00 bits per heavy atom. The molecule has 2 unspecified atom stereocenters. The van der Waals surface area contributed by atoms with Crippen molar-refractivity contribution in [1.82, 2.24) is 10.2 Å². The van der Waals surface area contributed by atoms with Crippen LogP contribution in [0.3, 0.4) is 0 Å². The van der Waals surface area contributed by atoms with Gasteiger partial charge in [-0.2, -0.15) is 0 Å². The van der Waals surface area contributed by atoms with E-state index in [4.69, 9.17) is 16.3 Å². The van der Waals surface area contributed by atoms with Crippen LogP contribution in [0.4, 0.5) is 0 Å². The zero-order valence-corrected chi connectivity index (χ0v) is 13.7. The predicted octanol–water partition coefficient (Wildman–Crippen LogP) is 3.10. The number of hydrogen-bond acceptors (Lipinski definition) is 3. The highest BCUT2D eigenvalue weighted by Crippen LogP contribution is 2.32. The fraction of sp³-hybridized carbons (Fsp3) is 0.588. The molecule has 1 aromatic rings. The molecular weight excluding hydrogens is 300 g/mol. The Kier molecular flexibility index (Phi) is 4.89. The van der Waals surface area contributed by atoms with Crippen molar-refractivity contribution in [3.8, 4) is 5.75 Å². The zero-order valence-electron chi connectivity index (χ0n) is 13.0. The predicted molar refractivity (Wildman–Crippen MR) is 87.7 cm³/mol. The quantitative estimate of drug-likeness (QED) is 0.926. The van der Waals surface area contributed by atoms with E-state index in [1.165, 1.54) is 0 Å². The summed E-state index contributed by atoms with van der Waals surface area (Å²) in [6.07, 6.45) is 4.11. The van der Waals surface area contributed by atoms with Gasteiger partial charge in [0.15, 0.2) is 0 Å². The maximum atomic E-state index is 13.1. The van der Waals surface area contributed by atoms with Gasteiger partial charge in [-0.05, 0) is 50.4 Å². The van der Waals surface area contributed by atoms with Crippen LogP contribution in [-0.2, 0) is 0 Å². The lowest BCUT2D eigenvalue weighted by atomic mass is 10.1. The van der Waals surface area contributed by atoms with Crippen LogP contribution < -0.4 is 10.1 Å². The molecular formula is C17H23ClN2O2. The van der Waals surface area contributed by atoms with Crippen LogP contribution in [0.1, 0.15) is 43.0 Å². The van der Waals surface area contributed by atoms with Crippen LogP contribution in [0.5, 0.6) is 5.75 Å². The van der Waals surface area contributed by atoms with E-state index in [1.54, 1.807) is 12.1 Å². The highest BCUT2D eigenvalue weighted by molar-refractivity contribution is 6.31. The molecule has 2 bridgehead atoms. The van der Waals surface area contributed by atoms with Gasteiger partial charge in [-0.15, -0.1) is 0 Å². The average molecular weight is 323 g/mol. The number of nitrogens with one attached hydrogen (secondary N) is 1. The van der Waals surface area contributed by atoms with Gasteiger partial charge < -0.3 is 15.0 Å². The van der Waals surface area contributed by atoms with Gasteiger partial charge in [-0.3, -0.25) is 4.79 Å². The van der Waals surface area contributed by atoms with Crippen LogP contribution in [0.25, 0.3) is 0 Å². The van der Waals surface area contributed by atoms with E-state index in [1.807, 2.05) is 6.07 Å².